The molecule has 0 bridgehead atoms. The lowest BCUT2D eigenvalue weighted by molar-refractivity contribution is 0.0527. The van der Waals surface area contributed by atoms with Crippen molar-refractivity contribution < 1.29 is 24.2 Å². The number of ether oxygens (including phenoxy) is 2. The first-order valence-electron chi connectivity index (χ1n) is 7.84. The Bertz CT molecular complexity index is 844. The lowest BCUT2D eigenvalue weighted by atomic mass is 10.1. The van der Waals surface area contributed by atoms with Crippen LogP contribution < -0.4 is 4.90 Å². The van der Waals surface area contributed by atoms with E-state index in [1.165, 1.54) is 11.9 Å². The number of aryl methyl sites for hydroxylation is 1. The molecule has 0 aliphatic rings. The molecule has 0 aliphatic carbocycles. The van der Waals surface area contributed by atoms with Crippen molar-refractivity contribution in [1.82, 2.24) is 4.57 Å². The molecule has 1 amide bonds. The average molecular weight is 413 g/mol. The summed E-state index contributed by atoms with van der Waals surface area (Å²) in [6, 6.07) is 1.70. The highest BCUT2D eigenvalue weighted by atomic mass is 79.9. The molecule has 1 aromatic heterocycles. The highest BCUT2D eigenvalue weighted by Gasteiger charge is 2.29. The van der Waals surface area contributed by atoms with E-state index in [2.05, 4.69) is 15.9 Å². The average Bonchev–Trinajstić information content (AvgIpc) is 2.80. The van der Waals surface area contributed by atoms with Crippen LogP contribution in [-0.2, 0) is 16.5 Å². The Kier molecular flexibility index (Phi) is 5.62. The monoisotopic (exact) mass is 412 g/mol. The van der Waals surface area contributed by atoms with E-state index >= 15 is 0 Å². The summed E-state index contributed by atoms with van der Waals surface area (Å²) in [7, 11) is 3.29. The Morgan fingerprint density at radius 3 is 2.44 bits per heavy atom. The molecule has 0 saturated heterocycles. The molecule has 0 unspecified atom stereocenters. The van der Waals surface area contributed by atoms with Crippen LogP contribution in [0.15, 0.2) is 10.5 Å². The maximum absolute atomic E-state index is 12.5. The molecule has 0 atom stereocenters. The molecule has 0 spiro atoms. The van der Waals surface area contributed by atoms with E-state index < -0.39 is 12.1 Å². The van der Waals surface area contributed by atoms with E-state index in [4.69, 9.17) is 9.47 Å². The van der Waals surface area contributed by atoms with E-state index in [9.17, 15) is 14.7 Å². The first-order chi connectivity index (χ1) is 11.8. The van der Waals surface area contributed by atoms with Crippen molar-refractivity contribution in [3.63, 3.8) is 0 Å². The van der Waals surface area contributed by atoms with E-state index in [1.54, 1.807) is 33.9 Å². The molecule has 2 aromatic rings. The number of nitrogens with zero attached hydrogens (tertiary/aromatic N) is 2. The second-order valence-electron chi connectivity index (χ2n) is 5.45. The molecule has 1 aromatic carbocycles. The van der Waals surface area contributed by atoms with Crippen molar-refractivity contribution in [2.75, 3.05) is 25.2 Å². The smallest absolute Gasteiger partial charge is 0.414 e. The summed E-state index contributed by atoms with van der Waals surface area (Å²) in [6.07, 6.45) is -0.631. The standard InChI is InChI=1S/C17H21BrN2O5/c1-6-24-16(22)12-9(3)19(4)11-8-10(18)15(21)14(13(11)12)20(5)17(23)25-7-2/h8,21H,6-7H2,1-5H3. The summed E-state index contributed by atoms with van der Waals surface area (Å²) in [4.78, 5) is 25.9. The number of halogens is 1. The lowest BCUT2D eigenvalue weighted by Crippen LogP contribution is -2.27. The first kappa shape index (κ1) is 19.1. The number of esters is 1. The third-order valence-corrected chi connectivity index (χ3v) is 4.64. The van der Waals surface area contributed by atoms with Gasteiger partial charge in [0.05, 0.1) is 34.5 Å². The molecule has 8 heteroatoms. The van der Waals surface area contributed by atoms with Crippen LogP contribution in [0.3, 0.4) is 0 Å². The number of aromatic nitrogens is 1. The predicted molar refractivity (Wildman–Crippen MR) is 98.4 cm³/mol. The highest BCUT2D eigenvalue weighted by molar-refractivity contribution is 9.10. The van der Waals surface area contributed by atoms with E-state index in [0.29, 0.717) is 26.6 Å². The van der Waals surface area contributed by atoms with Crippen LogP contribution in [0, 0.1) is 6.92 Å². The largest absolute Gasteiger partial charge is 0.505 e. The molecule has 1 heterocycles. The summed E-state index contributed by atoms with van der Waals surface area (Å²) in [5.41, 5.74) is 1.85. The van der Waals surface area contributed by atoms with E-state index in [0.717, 1.165) is 0 Å². The van der Waals surface area contributed by atoms with Crippen LogP contribution in [0.2, 0.25) is 0 Å². The number of rotatable bonds is 4. The van der Waals surface area contributed by atoms with Gasteiger partial charge in [0.15, 0.2) is 5.75 Å². The minimum Gasteiger partial charge on any atom is -0.505 e. The van der Waals surface area contributed by atoms with Gasteiger partial charge in [-0.25, -0.2) is 9.59 Å². The first-order valence-corrected chi connectivity index (χ1v) is 8.63. The molecule has 1 N–H and O–H groups in total. The van der Waals surface area contributed by atoms with Crippen LogP contribution in [0.25, 0.3) is 10.9 Å². The van der Waals surface area contributed by atoms with Gasteiger partial charge in [0.2, 0.25) is 0 Å². The van der Waals surface area contributed by atoms with Gasteiger partial charge < -0.3 is 19.1 Å². The number of phenols is 1. The van der Waals surface area contributed by atoms with Crippen LogP contribution >= 0.6 is 15.9 Å². The van der Waals surface area contributed by atoms with Crippen molar-refractivity contribution in [2.45, 2.75) is 20.8 Å². The summed E-state index contributed by atoms with van der Waals surface area (Å²) in [6.45, 7) is 5.61. The SMILES string of the molecule is CCOC(=O)c1c(C)n(C)c2cc(Br)c(O)c(N(C)C(=O)OCC)c12. The fourth-order valence-electron chi connectivity index (χ4n) is 2.74. The van der Waals surface area contributed by atoms with Crippen molar-refractivity contribution in [3.05, 3.63) is 21.8 Å². The minimum absolute atomic E-state index is 0.154. The molecule has 136 valence electrons. The van der Waals surface area contributed by atoms with Crippen molar-refractivity contribution in [1.29, 1.82) is 0 Å². The number of hydrogen-bond acceptors (Lipinski definition) is 5. The predicted octanol–water partition coefficient (Wildman–Crippen LogP) is 3.72. The molecule has 7 nitrogen and oxygen atoms in total. The molecule has 0 saturated carbocycles. The second kappa shape index (κ2) is 7.35. The molecule has 0 radical (unpaired) electrons. The van der Waals surface area contributed by atoms with Crippen LogP contribution in [-0.4, -0.2) is 42.0 Å². The Hall–Kier alpha value is -2.22. The third kappa shape index (κ3) is 3.18. The Morgan fingerprint density at radius 2 is 1.88 bits per heavy atom. The highest BCUT2D eigenvalue weighted by Crippen LogP contribution is 2.44. The van der Waals surface area contributed by atoms with Gasteiger partial charge >= 0.3 is 12.1 Å². The summed E-state index contributed by atoms with van der Waals surface area (Å²) in [5.74, 6) is -0.662. The normalized spacial score (nSPS) is 10.8. The molecule has 0 aliphatic heterocycles. The molecular weight excluding hydrogens is 392 g/mol. The number of hydrogen-bond donors (Lipinski definition) is 1. The number of benzene rings is 1. The fraction of sp³-hybridized carbons (Fsp3) is 0.412. The molecule has 0 fully saturated rings. The second-order valence-corrected chi connectivity index (χ2v) is 6.30. The van der Waals surface area contributed by atoms with Crippen molar-refractivity contribution >= 4 is 44.6 Å². The van der Waals surface area contributed by atoms with Gasteiger partial charge in [-0.2, -0.15) is 0 Å². The zero-order chi connectivity index (χ0) is 18.9. The quantitative estimate of drug-likeness (QED) is 0.773. The van der Waals surface area contributed by atoms with Gasteiger partial charge in [0.25, 0.3) is 0 Å². The third-order valence-electron chi connectivity index (χ3n) is 4.04. The van der Waals surface area contributed by atoms with E-state index in [-0.39, 0.29) is 24.7 Å². The van der Waals surface area contributed by atoms with Crippen LogP contribution in [0.4, 0.5) is 10.5 Å². The maximum Gasteiger partial charge on any atom is 0.414 e. The zero-order valence-electron chi connectivity index (χ0n) is 14.8. The Morgan fingerprint density at radius 1 is 1.28 bits per heavy atom. The molecule has 25 heavy (non-hydrogen) atoms. The molecular formula is C17H21BrN2O5. The van der Waals surface area contributed by atoms with E-state index in [1.807, 2.05) is 4.57 Å². The summed E-state index contributed by atoms with van der Waals surface area (Å²) in [5, 5.41) is 11.0. The van der Waals surface area contributed by atoms with Crippen LogP contribution in [0.1, 0.15) is 29.9 Å². The van der Waals surface area contributed by atoms with Crippen LogP contribution in [0.5, 0.6) is 5.75 Å². The van der Waals surface area contributed by atoms with Crippen molar-refractivity contribution in [3.8, 4) is 5.75 Å². The van der Waals surface area contributed by atoms with Gasteiger partial charge in [-0.15, -0.1) is 0 Å². The fourth-order valence-corrected chi connectivity index (χ4v) is 3.15. The number of anilines is 1. The van der Waals surface area contributed by atoms with Gasteiger partial charge in [-0.3, -0.25) is 4.90 Å². The summed E-state index contributed by atoms with van der Waals surface area (Å²) < 4.78 is 12.4. The van der Waals surface area contributed by atoms with Gasteiger partial charge in [0, 0.05) is 25.2 Å². The van der Waals surface area contributed by atoms with Crippen molar-refractivity contribution in [2.24, 2.45) is 7.05 Å². The topological polar surface area (TPSA) is 81.0 Å². The van der Waals surface area contributed by atoms with Gasteiger partial charge in [-0.05, 0) is 42.8 Å². The number of carbonyl (C=O) groups excluding carboxylic acids is 2. The zero-order valence-corrected chi connectivity index (χ0v) is 16.4. The Labute approximate surface area is 154 Å². The number of aromatic hydroxyl groups is 1. The Balaban J connectivity index is 2.87. The number of fused-ring (bicyclic) bond motifs is 1. The minimum atomic E-state index is -0.631. The number of carbonyl (C=O) groups is 2. The number of phenolic OH excluding ortho intramolecular Hbond substituents is 1. The molecule has 2 rings (SSSR count). The number of amides is 1. The maximum atomic E-state index is 12.5. The summed E-state index contributed by atoms with van der Waals surface area (Å²) >= 11 is 3.30. The van der Waals surface area contributed by atoms with Gasteiger partial charge in [-0.1, -0.05) is 0 Å². The van der Waals surface area contributed by atoms with Gasteiger partial charge in [0.1, 0.15) is 0 Å². The lowest BCUT2D eigenvalue weighted by Gasteiger charge is -2.20.